The van der Waals surface area contributed by atoms with E-state index in [0.717, 1.165) is 39.1 Å². The quantitative estimate of drug-likeness (QED) is 0.704. The molecule has 0 amide bonds. The first kappa shape index (κ1) is 14.8. The summed E-state index contributed by atoms with van der Waals surface area (Å²) in [7, 11) is 0. The van der Waals surface area contributed by atoms with Crippen LogP contribution in [0.4, 0.5) is 0 Å². The Kier molecular flexibility index (Phi) is 6.86. The third kappa shape index (κ3) is 6.00. The Morgan fingerprint density at radius 3 is 2.10 bits per heavy atom. The van der Waals surface area contributed by atoms with Gasteiger partial charge < -0.3 is 10.1 Å². The van der Waals surface area contributed by atoms with E-state index in [9.17, 15) is 0 Å². The predicted molar refractivity (Wildman–Crippen MR) is 83.7 cm³/mol. The average Bonchev–Trinajstić information content (AvgIpc) is 2.52. The van der Waals surface area contributed by atoms with Crippen LogP contribution >= 0.6 is 0 Å². The second-order valence-corrected chi connectivity index (χ2v) is 4.86. The van der Waals surface area contributed by atoms with E-state index < -0.39 is 0 Å². The fourth-order valence-electron chi connectivity index (χ4n) is 2.06. The molecule has 20 heavy (non-hydrogen) atoms. The van der Waals surface area contributed by atoms with Gasteiger partial charge in [-0.2, -0.15) is 0 Å². The molecule has 0 aliphatic carbocycles. The van der Waals surface area contributed by atoms with Crippen molar-refractivity contribution >= 4 is 0 Å². The summed E-state index contributed by atoms with van der Waals surface area (Å²) in [5.74, 6) is 0. The van der Waals surface area contributed by atoms with Crippen molar-refractivity contribution in [2.24, 2.45) is 0 Å². The van der Waals surface area contributed by atoms with E-state index in [-0.39, 0.29) is 0 Å². The molecule has 0 spiro atoms. The second-order valence-electron chi connectivity index (χ2n) is 4.86. The van der Waals surface area contributed by atoms with Crippen molar-refractivity contribution in [3.8, 4) is 0 Å². The van der Waals surface area contributed by atoms with Gasteiger partial charge in [0.05, 0.1) is 6.61 Å². The normalized spacial score (nSPS) is 10.6. The van der Waals surface area contributed by atoms with E-state index in [4.69, 9.17) is 4.74 Å². The predicted octanol–water partition coefficient (Wildman–Crippen LogP) is 3.43. The molecule has 0 heterocycles. The molecule has 106 valence electrons. The topological polar surface area (TPSA) is 21.3 Å². The molecule has 0 radical (unpaired) electrons. The van der Waals surface area contributed by atoms with Crippen molar-refractivity contribution in [1.82, 2.24) is 5.32 Å². The Labute approximate surface area is 121 Å². The van der Waals surface area contributed by atoms with Crippen LogP contribution in [-0.2, 0) is 17.7 Å². The lowest BCUT2D eigenvalue weighted by Crippen LogP contribution is -2.16. The van der Waals surface area contributed by atoms with Crippen LogP contribution < -0.4 is 5.32 Å². The van der Waals surface area contributed by atoms with Crippen LogP contribution in [0.15, 0.2) is 60.7 Å². The van der Waals surface area contributed by atoms with Gasteiger partial charge in [0.2, 0.25) is 0 Å². The molecular formula is C18H23NO. The lowest BCUT2D eigenvalue weighted by atomic mass is 10.2. The summed E-state index contributed by atoms with van der Waals surface area (Å²) in [6, 6.07) is 21.0. The Morgan fingerprint density at radius 1 is 0.750 bits per heavy atom. The summed E-state index contributed by atoms with van der Waals surface area (Å²) >= 11 is 0. The van der Waals surface area contributed by atoms with Crippen molar-refractivity contribution in [1.29, 1.82) is 0 Å². The lowest BCUT2D eigenvalue weighted by molar-refractivity contribution is 0.134. The first-order valence-electron chi connectivity index (χ1n) is 7.31. The number of rotatable bonds is 9. The molecule has 0 unspecified atom stereocenters. The SMILES string of the molecule is c1ccc(CCOCCCNCc2ccccc2)cc1. The van der Waals surface area contributed by atoms with Gasteiger partial charge in [0.1, 0.15) is 0 Å². The van der Waals surface area contributed by atoms with Crippen LogP contribution in [0.5, 0.6) is 0 Å². The molecule has 0 atom stereocenters. The summed E-state index contributed by atoms with van der Waals surface area (Å²) in [6.45, 7) is 3.57. The zero-order valence-electron chi connectivity index (χ0n) is 11.9. The van der Waals surface area contributed by atoms with Crippen LogP contribution in [-0.4, -0.2) is 19.8 Å². The van der Waals surface area contributed by atoms with E-state index in [2.05, 4.69) is 53.8 Å². The van der Waals surface area contributed by atoms with Crippen molar-refractivity contribution in [2.75, 3.05) is 19.8 Å². The molecule has 2 nitrogen and oxygen atoms in total. The Morgan fingerprint density at radius 2 is 1.40 bits per heavy atom. The number of benzene rings is 2. The van der Waals surface area contributed by atoms with Crippen molar-refractivity contribution in [3.63, 3.8) is 0 Å². The van der Waals surface area contributed by atoms with Crippen LogP contribution in [0.25, 0.3) is 0 Å². The summed E-state index contributed by atoms with van der Waals surface area (Å²) in [5.41, 5.74) is 2.67. The van der Waals surface area contributed by atoms with Crippen molar-refractivity contribution in [3.05, 3.63) is 71.8 Å². The van der Waals surface area contributed by atoms with E-state index in [1.54, 1.807) is 0 Å². The van der Waals surface area contributed by atoms with Gasteiger partial charge in [-0.15, -0.1) is 0 Å². The number of ether oxygens (including phenoxy) is 1. The summed E-state index contributed by atoms with van der Waals surface area (Å²) in [4.78, 5) is 0. The zero-order valence-corrected chi connectivity index (χ0v) is 11.9. The molecule has 2 heteroatoms. The molecule has 1 N–H and O–H groups in total. The molecule has 2 rings (SSSR count). The van der Waals surface area contributed by atoms with E-state index in [0.29, 0.717) is 0 Å². The van der Waals surface area contributed by atoms with Gasteiger partial charge in [0.25, 0.3) is 0 Å². The van der Waals surface area contributed by atoms with Crippen LogP contribution in [0, 0.1) is 0 Å². The maximum Gasteiger partial charge on any atom is 0.0506 e. The Bertz CT molecular complexity index is 410. The third-order valence-corrected chi connectivity index (χ3v) is 3.19. The first-order chi connectivity index (χ1) is 9.95. The molecule has 0 aliphatic rings. The van der Waals surface area contributed by atoms with Gasteiger partial charge in [0, 0.05) is 13.2 Å². The number of nitrogens with one attached hydrogen (secondary N) is 1. The smallest absolute Gasteiger partial charge is 0.0506 e. The number of hydrogen-bond acceptors (Lipinski definition) is 2. The maximum atomic E-state index is 5.65. The summed E-state index contributed by atoms with van der Waals surface area (Å²) < 4.78 is 5.65. The minimum atomic E-state index is 0.808. The number of hydrogen-bond donors (Lipinski definition) is 1. The molecular weight excluding hydrogens is 246 g/mol. The summed E-state index contributed by atoms with van der Waals surface area (Å²) in [6.07, 6.45) is 2.06. The lowest BCUT2D eigenvalue weighted by Gasteiger charge is -2.06. The Hall–Kier alpha value is -1.64. The standard InChI is InChI=1S/C18H23NO/c1-3-8-17(9-4-1)12-15-20-14-7-13-19-16-18-10-5-2-6-11-18/h1-6,8-11,19H,7,12-16H2. The van der Waals surface area contributed by atoms with Gasteiger partial charge in [-0.3, -0.25) is 0 Å². The van der Waals surface area contributed by atoms with Gasteiger partial charge >= 0.3 is 0 Å². The molecule has 0 bridgehead atoms. The molecule has 0 fully saturated rings. The molecule has 2 aromatic rings. The van der Waals surface area contributed by atoms with Gasteiger partial charge in [-0.05, 0) is 30.5 Å². The van der Waals surface area contributed by atoms with Crippen LogP contribution in [0.2, 0.25) is 0 Å². The molecule has 0 aliphatic heterocycles. The minimum absolute atomic E-state index is 0.808. The average molecular weight is 269 g/mol. The first-order valence-corrected chi connectivity index (χ1v) is 7.31. The highest BCUT2D eigenvalue weighted by Gasteiger charge is 1.94. The van der Waals surface area contributed by atoms with Gasteiger partial charge in [0.15, 0.2) is 0 Å². The molecule has 2 aromatic carbocycles. The van der Waals surface area contributed by atoms with Crippen molar-refractivity contribution < 1.29 is 4.74 Å². The maximum absolute atomic E-state index is 5.65. The van der Waals surface area contributed by atoms with Gasteiger partial charge in [-0.25, -0.2) is 0 Å². The Balaban J connectivity index is 1.44. The van der Waals surface area contributed by atoms with Crippen LogP contribution in [0.1, 0.15) is 17.5 Å². The second kappa shape index (κ2) is 9.29. The fourth-order valence-corrected chi connectivity index (χ4v) is 2.06. The fraction of sp³-hybridized carbons (Fsp3) is 0.333. The monoisotopic (exact) mass is 269 g/mol. The third-order valence-electron chi connectivity index (χ3n) is 3.19. The largest absolute Gasteiger partial charge is 0.381 e. The van der Waals surface area contributed by atoms with E-state index in [1.165, 1.54) is 11.1 Å². The zero-order chi connectivity index (χ0) is 13.9. The molecule has 0 aromatic heterocycles. The molecule has 0 saturated carbocycles. The van der Waals surface area contributed by atoms with E-state index in [1.807, 2.05) is 12.1 Å². The van der Waals surface area contributed by atoms with Gasteiger partial charge in [-0.1, -0.05) is 60.7 Å². The van der Waals surface area contributed by atoms with Crippen molar-refractivity contribution in [2.45, 2.75) is 19.4 Å². The van der Waals surface area contributed by atoms with E-state index >= 15 is 0 Å². The van der Waals surface area contributed by atoms with Crippen LogP contribution in [0.3, 0.4) is 0 Å². The highest BCUT2D eigenvalue weighted by molar-refractivity contribution is 5.15. The molecule has 0 saturated heterocycles. The minimum Gasteiger partial charge on any atom is -0.381 e. The summed E-state index contributed by atoms with van der Waals surface area (Å²) in [5, 5.41) is 3.43. The highest BCUT2D eigenvalue weighted by atomic mass is 16.5. The highest BCUT2D eigenvalue weighted by Crippen LogP contribution is 2.00.